The van der Waals surface area contributed by atoms with Gasteiger partial charge in [-0.2, -0.15) is 0 Å². The first-order valence-corrected chi connectivity index (χ1v) is 5.69. The molecule has 0 radical (unpaired) electrons. The quantitative estimate of drug-likeness (QED) is 0.756. The van der Waals surface area contributed by atoms with Crippen molar-refractivity contribution in [1.82, 2.24) is 0 Å². The smallest absolute Gasteiger partial charge is 0.337 e. The maximum Gasteiger partial charge on any atom is 0.337 e. The zero-order valence-electron chi connectivity index (χ0n) is 10.5. The third kappa shape index (κ3) is 4.08. The molecule has 0 saturated heterocycles. The standard InChI is InChI=1S/C13H17NO4/c1-9(12(15)16)7-8-14-11-5-3-10(4-6-11)13(17)18-2/h3-6,9,14H,7-8H2,1-2H3,(H,15,16). The molecule has 1 rings (SSSR count). The van der Waals surface area contributed by atoms with Crippen molar-refractivity contribution < 1.29 is 19.4 Å². The number of rotatable bonds is 6. The van der Waals surface area contributed by atoms with Crippen LogP contribution in [0.25, 0.3) is 0 Å². The third-order valence-electron chi connectivity index (χ3n) is 2.63. The Balaban J connectivity index is 2.44. The van der Waals surface area contributed by atoms with Crippen molar-refractivity contribution in [2.75, 3.05) is 19.0 Å². The van der Waals surface area contributed by atoms with Gasteiger partial charge in [-0.1, -0.05) is 6.92 Å². The molecular formula is C13H17NO4. The number of methoxy groups -OCH3 is 1. The number of anilines is 1. The van der Waals surface area contributed by atoms with Crippen LogP contribution in [0.15, 0.2) is 24.3 Å². The highest BCUT2D eigenvalue weighted by Crippen LogP contribution is 2.11. The predicted octanol–water partition coefficient (Wildman–Crippen LogP) is 2.00. The summed E-state index contributed by atoms with van der Waals surface area (Å²) in [6.07, 6.45) is 0.550. The Morgan fingerprint density at radius 3 is 2.44 bits per heavy atom. The van der Waals surface area contributed by atoms with Crippen molar-refractivity contribution in [3.8, 4) is 0 Å². The summed E-state index contributed by atoms with van der Waals surface area (Å²) in [5, 5.41) is 11.8. The highest BCUT2D eigenvalue weighted by Gasteiger charge is 2.09. The second-order valence-electron chi connectivity index (χ2n) is 4.02. The normalized spacial score (nSPS) is 11.7. The molecule has 1 aromatic rings. The molecule has 0 aliphatic heterocycles. The summed E-state index contributed by atoms with van der Waals surface area (Å²) in [6.45, 7) is 2.25. The molecule has 0 spiro atoms. The summed E-state index contributed by atoms with van der Waals surface area (Å²) in [7, 11) is 1.34. The Hall–Kier alpha value is -2.04. The van der Waals surface area contributed by atoms with E-state index in [1.165, 1.54) is 7.11 Å². The number of carboxylic acid groups (broad SMARTS) is 1. The van der Waals surface area contributed by atoms with Crippen LogP contribution in [0.5, 0.6) is 0 Å². The van der Waals surface area contributed by atoms with Gasteiger partial charge in [-0.25, -0.2) is 4.79 Å². The fourth-order valence-electron chi connectivity index (χ4n) is 1.40. The Kier molecular flexibility index (Phi) is 5.17. The van der Waals surface area contributed by atoms with Gasteiger partial charge in [0.25, 0.3) is 0 Å². The van der Waals surface area contributed by atoms with E-state index in [4.69, 9.17) is 5.11 Å². The minimum Gasteiger partial charge on any atom is -0.481 e. The lowest BCUT2D eigenvalue weighted by Crippen LogP contribution is -2.14. The van der Waals surface area contributed by atoms with E-state index in [1.807, 2.05) is 0 Å². The van der Waals surface area contributed by atoms with Gasteiger partial charge in [0.05, 0.1) is 18.6 Å². The molecule has 1 atom stereocenters. The van der Waals surface area contributed by atoms with E-state index in [9.17, 15) is 9.59 Å². The van der Waals surface area contributed by atoms with Crippen LogP contribution in [0.2, 0.25) is 0 Å². The maximum absolute atomic E-state index is 11.2. The van der Waals surface area contributed by atoms with Crippen LogP contribution in [0, 0.1) is 5.92 Å². The first-order valence-electron chi connectivity index (χ1n) is 5.69. The largest absolute Gasteiger partial charge is 0.481 e. The molecule has 2 N–H and O–H groups in total. The number of carbonyl (C=O) groups excluding carboxylic acids is 1. The number of esters is 1. The van der Waals surface area contributed by atoms with Gasteiger partial charge in [0, 0.05) is 12.2 Å². The molecule has 0 bridgehead atoms. The van der Waals surface area contributed by atoms with E-state index in [0.29, 0.717) is 18.5 Å². The van der Waals surface area contributed by atoms with Gasteiger partial charge in [0.15, 0.2) is 0 Å². The molecule has 0 heterocycles. The van der Waals surface area contributed by atoms with Crippen LogP contribution in [0.1, 0.15) is 23.7 Å². The maximum atomic E-state index is 11.2. The van der Waals surface area contributed by atoms with Crippen LogP contribution in [-0.2, 0) is 9.53 Å². The molecule has 0 saturated carbocycles. The van der Waals surface area contributed by atoms with Crippen LogP contribution in [-0.4, -0.2) is 30.7 Å². The van der Waals surface area contributed by atoms with Gasteiger partial charge < -0.3 is 15.2 Å². The SMILES string of the molecule is COC(=O)c1ccc(NCCC(C)C(=O)O)cc1. The highest BCUT2D eigenvalue weighted by atomic mass is 16.5. The predicted molar refractivity (Wildman–Crippen MR) is 67.7 cm³/mol. The summed E-state index contributed by atoms with van der Waals surface area (Å²) in [5.74, 6) is -1.54. The topological polar surface area (TPSA) is 75.6 Å². The summed E-state index contributed by atoms with van der Waals surface area (Å²) < 4.78 is 4.59. The number of carbonyl (C=O) groups is 2. The van der Waals surface area contributed by atoms with E-state index < -0.39 is 5.97 Å². The molecule has 5 nitrogen and oxygen atoms in total. The molecule has 1 unspecified atom stereocenters. The Morgan fingerprint density at radius 1 is 1.33 bits per heavy atom. The Morgan fingerprint density at radius 2 is 1.94 bits per heavy atom. The number of hydrogen-bond acceptors (Lipinski definition) is 4. The molecule has 5 heteroatoms. The van der Waals surface area contributed by atoms with Crippen molar-refractivity contribution in [3.05, 3.63) is 29.8 Å². The number of nitrogens with one attached hydrogen (secondary N) is 1. The summed E-state index contributed by atoms with van der Waals surface area (Å²) in [6, 6.07) is 6.85. The number of benzene rings is 1. The minimum absolute atomic E-state index is 0.369. The molecule has 0 aliphatic rings. The lowest BCUT2D eigenvalue weighted by molar-refractivity contribution is -0.141. The van der Waals surface area contributed by atoms with Gasteiger partial charge in [-0.3, -0.25) is 4.79 Å². The molecular weight excluding hydrogens is 234 g/mol. The molecule has 0 aliphatic carbocycles. The van der Waals surface area contributed by atoms with E-state index in [0.717, 1.165) is 5.69 Å². The molecule has 0 aromatic heterocycles. The van der Waals surface area contributed by atoms with Gasteiger partial charge >= 0.3 is 11.9 Å². The summed E-state index contributed by atoms with van der Waals surface area (Å²) in [5.41, 5.74) is 1.34. The van der Waals surface area contributed by atoms with E-state index in [1.54, 1.807) is 31.2 Å². The van der Waals surface area contributed by atoms with Crippen molar-refractivity contribution in [2.24, 2.45) is 5.92 Å². The van der Waals surface area contributed by atoms with Gasteiger partial charge in [-0.05, 0) is 30.7 Å². The van der Waals surface area contributed by atoms with Crippen LogP contribution in [0.3, 0.4) is 0 Å². The molecule has 1 aromatic carbocycles. The average molecular weight is 251 g/mol. The first kappa shape index (κ1) is 14.0. The van der Waals surface area contributed by atoms with E-state index >= 15 is 0 Å². The lowest BCUT2D eigenvalue weighted by atomic mass is 10.1. The number of ether oxygens (including phenoxy) is 1. The van der Waals surface area contributed by atoms with Crippen LogP contribution < -0.4 is 5.32 Å². The highest BCUT2D eigenvalue weighted by molar-refractivity contribution is 5.89. The monoisotopic (exact) mass is 251 g/mol. The van der Waals surface area contributed by atoms with Crippen molar-refractivity contribution in [1.29, 1.82) is 0 Å². The van der Waals surface area contributed by atoms with Gasteiger partial charge in [0.2, 0.25) is 0 Å². The Bertz CT molecular complexity index is 414. The number of aliphatic carboxylic acids is 1. The third-order valence-corrected chi connectivity index (χ3v) is 2.63. The summed E-state index contributed by atoms with van der Waals surface area (Å²) in [4.78, 5) is 21.8. The van der Waals surface area contributed by atoms with E-state index in [2.05, 4.69) is 10.1 Å². The van der Waals surface area contributed by atoms with Crippen molar-refractivity contribution >= 4 is 17.6 Å². The zero-order valence-corrected chi connectivity index (χ0v) is 10.5. The average Bonchev–Trinajstić information content (AvgIpc) is 2.38. The van der Waals surface area contributed by atoms with Crippen molar-refractivity contribution in [3.63, 3.8) is 0 Å². The lowest BCUT2D eigenvalue weighted by Gasteiger charge is -2.09. The molecule has 0 amide bonds. The van der Waals surface area contributed by atoms with Crippen LogP contribution in [0.4, 0.5) is 5.69 Å². The zero-order chi connectivity index (χ0) is 13.5. The second kappa shape index (κ2) is 6.64. The second-order valence-corrected chi connectivity index (χ2v) is 4.02. The summed E-state index contributed by atoms with van der Waals surface area (Å²) >= 11 is 0. The fraction of sp³-hybridized carbons (Fsp3) is 0.385. The number of carboxylic acids is 1. The van der Waals surface area contributed by atoms with Gasteiger partial charge in [0.1, 0.15) is 0 Å². The van der Waals surface area contributed by atoms with Crippen molar-refractivity contribution in [2.45, 2.75) is 13.3 Å². The van der Waals surface area contributed by atoms with Gasteiger partial charge in [-0.15, -0.1) is 0 Å². The fourth-order valence-corrected chi connectivity index (χ4v) is 1.40. The molecule has 98 valence electrons. The molecule has 18 heavy (non-hydrogen) atoms. The first-order chi connectivity index (χ1) is 8.54. The minimum atomic E-state index is -0.794. The van der Waals surface area contributed by atoms with E-state index in [-0.39, 0.29) is 11.9 Å². The van der Waals surface area contributed by atoms with Crippen LogP contribution >= 0.6 is 0 Å². The Labute approximate surface area is 106 Å². The molecule has 0 fully saturated rings. The number of hydrogen-bond donors (Lipinski definition) is 2.